The Labute approximate surface area is 130 Å². The van der Waals surface area contributed by atoms with Gasteiger partial charge in [0.25, 0.3) is 5.56 Å². The minimum Gasteiger partial charge on any atom is -0.336 e. The molecule has 22 heavy (non-hydrogen) atoms. The quantitative estimate of drug-likeness (QED) is 0.812. The number of hydrogen-bond donors (Lipinski definition) is 3. The molecule has 2 rings (SSSR count). The van der Waals surface area contributed by atoms with E-state index >= 15 is 0 Å². The molecule has 118 valence electrons. The molecule has 0 fully saturated rings. The molecule has 0 saturated heterocycles. The van der Waals surface area contributed by atoms with Gasteiger partial charge < -0.3 is 15.6 Å². The number of aromatic amines is 1. The van der Waals surface area contributed by atoms with Crippen LogP contribution in [0.5, 0.6) is 0 Å². The van der Waals surface area contributed by atoms with Crippen LogP contribution in [0.1, 0.15) is 37.0 Å². The first-order chi connectivity index (χ1) is 10.4. The van der Waals surface area contributed by atoms with Crippen LogP contribution in [0.15, 0.2) is 23.0 Å². The molecule has 0 aliphatic heterocycles. The monoisotopic (exact) mass is 301 g/mol. The van der Waals surface area contributed by atoms with Gasteiger partial charge in [-0.15, -0.1) is 0 Å². The second kappa shape index (κ2) is 6.64. The molecule has 1 aromatic carbocycles. The molecule has 2 amide bonds. The summed E-state index contributed by atoms with van der Waals surface area (Å²) in [6.07, 6.45) is 0.864. The van der Waals surface area contributed by atoms with E-state index in [-0.39, 0.29) is 24.2 Å². The number of fused-ring (bicyclic) bond motifs is 1. The summed E-state index contributed by atoms with van der Waals surface area (Å²) < 4.78 is 0. The number of rotatable bonds is 4. The third kappa shape index (κ3) is 3.67. The smallest absolute Gasteiger partial charge is 0.315 e. The van der Waals surface area contributed by atoms with E-state index in [1.54, 1.807) is 0 Å². The second-order valence-corrected chi connectivity index (χ2v) is 5.78. The first kappa shape index (κ1) is 16.1. The molecule has 1 atom stereocenters. The number of nitrogens with one attached hydrogen (secondary N) is 3. The summed E-state index contributed by atoms with van der Waals surface area (Å²) in [4.78, 5) is 26.7. The SMILES string of the molecule is CCC(C)NC(=O)NCc1cc2cc(C)c(C)cc2[nH]c1=O. The van der Waals surface area contributed by atoms with E-state index in [1.165, 1.54) is 5.56 Å². The first-order valence-corrected chi connectivity index (χ1v) is 7.58. The molecule has 1 heterocycles. The van der Waals surface area contributed by atoms with Gasteiger partial charge in [-0.05, 0) is 61.9 Å². The molecule has 5 heteroatoms. The first-order valence-electron chi connectivity index (χ1n) is 7.58. The molecule has 0 spiro atoms. The van der Waals surface area contributed by atoms with E-state index < -0.39 is 0 Å². The number of benzene rings is 1. The molecule has 0 aliphatic rings. The zero-order valence-corrected chi connectivity index (χ0v) is 13.5. The lowest BCUT2D eigenvalue weighted by Gasteiger charge is -2.12. The average Bonchev–Trinajstić information content (AvgIpc) is 2.47. The fourth-order valence-electron chi connectivity index (χ4n) is 2.21. The Balaban J connectivity index is 2.18. The highest BCUT2D eigenvalue weighted by Crippen LogP contribution is 2.17. The summed E-state index contributed by atoms with van der Waals surface area (Å²) in [5.74, 6) is 0. The maximum absolute atomic E-state index is 12.1. The van der Waals surface area contributed by atoms with Crippen molar-refractivity contribution < 1.29 is 4.79 Å². The van der Waals surface area contributed by atoms with E-state index in [9.17, 15) is 9.59 Å². The molecule has 2 aromatic rings. The second-order valence-electron chi connectivity index (χ2n) is 5.78. The van der Waals surface area contributed by atoms with Crippen molar-refractivity contribution in [3.8, 4) is 0 Å². The van der Waals surface area contributed by atoms with Crippen LogP contribution < -0.4 is 16.2 Å². The van der Waals surface area contributed by atoms with Crippen molar-refractivity contribution >= 4 is 16.9 Å². The van der Waals surface area contributed by atoms with Gasteiger partial charge in [0.2, 0.25) is 0 Å². The lowest BCUT2D eigenvalue weighted by atomic mass is 10.1. The summed E-state index contributed by atoms with van der Waals surface area (Å²) in [7, 11) is 0. The summed E-state index contributed by atoms with van der Waals surface area (Å²) in [6, 6.07) is 5.71. The van der Waals surface area contributed by atoms with Crippen molar-refractivity contribution in [3.63, 3.8) is 0 Å². The van der Waals surface area contributed by atoms with Gasteiger partial charge in [0, 0.05) is 23.7 Å². The molecule has 1 aromatic heterocycles. The van der Waals surface area contributed by atoms with Crippen molar-refractivity contribution in [1.82, 2.24) is 15.6 Å². The highest BCUT2D eigenvalue weighted by atomic mass is 16.2. The van der Waals surface area contributed by atoms with Gasteiger partial charge in [-0.3, -0.25) is 4.79 Å². The topological polar surface area (TPSA) is 74.0 Å². The van der Waals surface area contributed by atoms with Gasteiger partial charge in [0.05, 0.1) is 0 Å². The van der Waals surface area contributed by atoms with E-state index in [4.69, 9.17) is 0 Å². The Kier molecular flexibility index (Phi) is 4.85. The number of carbonyl (C=O) groups excluding carboxylic acids is 1. The van der Waals surface area contributed by atoms with Crippen LogP contribution in [-0.2, 0) is 6.54 Å². The summed E-state index contributed by atoms with van der Waals surface area (Å²) >= 11 is 0. The van der Waals surface area contributed by atoms with Crippen LogP contribution in [-0.4, -0.2) is 17.1 Å². The third-order valence-electron chi connectivity index (χ3n) is 3.96. The van der Waals surface area contributed by atoms with Crippen LogP contribution in [0.2, 0.25) is 0 Å². The maximum Gasteiger partial charge on any atom is 0.315 e. The van der Waals surface area contributed by atoms with Crippen molar-refractivity contribution in [2.24, 2.45) is 0 Å². The van der Waals surface area contributed by atoms with Crippen LogP contribution in [0.3, 0.4) is 0 Å². The Morgan fingerprint density at radius 2 is 1.91 bits per heavy atom. The lowest BCUT2D eigenvalue weighted by Crippen LogP contribution is -2.40. The maximum atomic E-state index is 12.1. The normalized spacial score (nSPS) is 12.2. The molecule has 5 nitrogen and oxygen atoms in total. The largest absolute Gasteiger partial charge is 0.336 e. The summed E-state index contributed by atoms with van der Waals surface area (Å²) in [5.41, 5.74) is 3.52. The van der Waals surface area contributed by atoms with Gasteiger partial charge in [-0.1, -0.05) is 6.92 Å². The van der Waals surface area contributed by atoms with Gasteiger partial charge >= 0.3 is 6.03 Å². The zero-order valence-electron chi connectivity index (χ0n) is 13.5. The standard InChI is InChI=1S/C17H23N3O2/c1-5-12(4)19-17(22)18-9-14-8-13-6-10(2)11(3)7-15(13)20-16(14)21/h6-8,12H,5,9H2,1-4H3,(H,20,21)(H2,18,19,22). The molecule has 3 N–H and O–H groups in total. The van der Waals surface area contributed by atoms with Gasteiger partial charge in [-0.2, -0.15) is 0 Å². The van der Waals surface area contributed by atoms with Crippen LogP contribution >= 0.6 is 0 Å². The minimum atomic E-state index is -0.256. The van der Waals surface area contributed by atoms with Crippen LogP contribution in [0.25, 0.3) is 10.9 Å². The highest BCUT2D eigenvalue weighted by molar-refractivity contribution is 5.81. The van der Waals surface area contributed by atoms with Crippen LogP contribution in [0.4, 0.5) is 4.79 Å². The van der Waals surface area contributed by atoms with Gasteiger partial charge in [0.15, 0.2) is 0 Å². The van der Waals surface area contributed by atoms with E-state index in [1.807, 2.05) is 45.9 Å². The van der Waals surface area contributed by atoms with E-state index in [0.29, 0.717) is 5.56 Å². The average molecular weight is 301 g/mol. The van der Waals surface area contributed by atoms with E-state index in [0.717, 1.165) is 22.9 Å². The highest BCUT2D eigenvalue weighted by Gasteiger charge is 2.08. The molecule has 0 saturated carbocycles. The van der Waals surface area contributed by atoms with Crippen molar-refractivity contribution in [1.29, 1.82) is 0 Å². The molecule has 0 bridgehead atoms. The predicted octanol–water partition coefficient (Wildman–Crippen LogP) is 2.74. The van der Waals surface area contributed by atoms with Gasteiger partial charge in [0.1, 0.15) is 0 Å². The number of H-pyrrole nitrogens is 1. The number of amides is 2. The number of urea groups is 1. The predicted molar refractivity (Wildman–Crippen MR) is 89.2 cm³/mol. The fraction of sp³-hybridized carbons (Fsp3) is 0.412. The Morgan fingerprint density at radius 3 is 2.59 bits per heavy atom. The number of carbonyl (C=O) groups is 1. The number of pyridine rings is 1. The van der Waals surface area contributed by atoms with Crippen molar-refractivity contribution in [2.45, 2.75) is 46.7 Å². The van der Waals surface area contributed by atoms with Crippen molar-refractivity contribution in [2.75, 3.05) is 0 Å². The molecule has 1 unspecified atom stereocenters. The minimum absolute atomic E-state index is 0.112. The molecular weight excluding hydrogens is 278 g/mol. The number of aryl methyl sites for hydroxylation is 2. The molecule has 0 radical (unpaired) electrons. The Hall–Kier alpha value is -2.30. The zero-order chi connectivity index (χ0) is 16.3. The number of hydrogen-bond acceptors (Lipinski definition) is 2. The van der Waals surface area contributed by atoms with E-state index in [2.05, 4.69) is 15.6 Å². The Bertz CT molecular complexity index is 749. The fourth-order valence-corrected chi connectivity index (χ4v) is 2.21. The number of aromatic nitrogens is 1. The molecule has 0 aliphatic carbocycles. The van der Waals surface area contributed by atoms with Crippen LogP contribution in [0, 0.1) is 13.8 Å². The molecular formula is C17H23N3O2. The lowest BCUT2D eigenvalue weighted by molar-refractivity contribution is 0.237. The Morgan fingerprint density at radius 1 is 1.23 bits per heavy atom. The summed E-state index contributed by atoms with van der Waals surface area (Å²) in [6.45, 7) is 8.20. The van der Waals surface area contributed by atoms with Crippen molar-refractivity contribution in [3.05, 3.63) is 45.2 Å². The van der Waals surface area contributed by atoms with Gasteiger partial charge in [-0.25, -0.2) is 4.79 Å². The summed E-state index contributed by atoms with van der Waals surface area (Å²) in [5, 5.41) is 6.51. The third-order valence-corrected chi connectivity index (χ3v) is 3.96.